The Morgan fingerprint density at radius 3 is 1.57 bits per heavy atom. The first-order valence-corrected chi connectivity index (χ1v) is 4.79. The molecule has 14 heavy (non-hydrogen) atoms. The van der Waals surface area contributed by atoms with Gasteiger partial charge in [0, 0.05) is 11.8 Å². The number of halogens is 2. The second-order valence-corrected chi connectivity index (χ2v) is 6.02. The molecule has 0 aliphatic rings. The van der Waals surface area contributed by atoms with Crippen LogP contribution in [0.5, 0.6) is 0 Å². The van der Waals surface area contributed by atoms with Crippen LogP contribution in [0.2, 0.25) is 0 Å². The van der Waals surface area contributed by atoms with Crippen LogP contribution >= 0.6 is 0 Å². The summed E-state index contributed by atoms with van der Waals surface area (Å²) in [5.41, 5.74) is -1.51. The highest BCUT2D eigenvalue weighted by Gasteiger charge is 2.46. The highest BCUT2D eigenvalue weighted by atomic mass is 19.3. The van der Waals surface area contributed by atoms with Crippen molar-refractivity contribution in [1.82, 2.24) is 0 Å². The molecule has 0 radical (unpaired) electrons. The molecule has 0 atom stereocenters. The molecule has 1 nitrogen and oxygen atoms in total. The van der Waals surface area contributed by atoms with Crippen LogP contribution in [0.15, 0.2) is 0 Å². The third kappa shape index (κ3) is 4.16. The van der Waals surface area contributed by atoms with Crippen molar-refractivity contribution in [1.29, 1.82) is 0 Å². The Morgan fingerprint density at radius 2 is 1.36 bits per heavy atom. The van der Waals surface area contributed by atoms with Gasteiger partial charge in [-0.2, -0.15) is 8.78 Å². The van der Waals surface area contributed by atoms with Gasteiger partial charge in [0.1, 0.15) is 0 Å². The summed E-state index contributed by atoms with van der Waals surface area (Å²) < 4.78 is 26.9. The lowest BCUT2D eigenvalue weighted by molar-refractivity contribution is -0.155. The summed E-state index contributed by atoms with van der Waals surface area (Å²) in [6.07, 6.45) is -0.393. The van der Waals surface area contributed by atoms with Crippen LogP contribution in [0.3, 0.4) is 0 Å². The summed E-state index contributed by atoms with van der Waals surface area (Å²) >= 11 is 0. The van der Waals surface area contributed by atoms with Crippen LogP contribution in [0.1, 0.15) is 48.0 Å². The van der Waals surface area contributed by atoms with Crippen molar-refractivity contribution >= 4 is 5.78 Å². The van der Waals surface area contributed by atoms with E-state index in [4.69, 9.17) is 0 Å². The number of hydrogen-bond donors (Lipinski definition) is 0. The zero-order valence-electron chi connectivity index (χ0n) is 9.87. The number of carbonyl (C=O) groups is 1. The van der Waals surface area contributed by atoms with E-state index in [9.17, 15) is 13.6 Å². The Bertz CT molecular complexity index is 218. The Kier molecular flexibility index (Phi) is 3.47. The normalized spacial score (nSPS) is 14.3. The molecule has 0 bridgehead atoms. The average molecular weight is 206 g/mol. The van der Waals surface area contributed by atoms with E-state index in [1.54, 1.807) is 20.8 Å². The topological polar surface area (TPSA) is 17.1 Å². The fraction of sp³-hybridized carbons (Fsp3) is 0.909. The van der Waals surface area contributed by atoms with Crippen molar-refractivity contribution in [3.63, 3.8) is 0 Å². The molecule has 0 saturated carbocycles. The number of carbonyl (C=O) groups excluding carboxylic acids is 1. The summed E-state index contributed by atoms with van der Waals surface area (Å²) in [7, 11) is 0. The average Bonchev–Trinajstić information content (AvgIpc) is 1.78. The molecular weight excluding hydrogens is 186 g/mol. The molecule has 0 fully saturated rings. The van der Waals surface area contributed by atoms with Gasteiger partial charge in [-0.25, -0.2) is 0 Å². The molecule has 0 aliphatic heterocycles. The monoisotopic (exact) mass is 206 g/mol. The number of alkyl halides is 2. The molecule has 0 spiro atoms. The standard InChI is InChI=1S/C11H20F2O/c1-9(2,3)7-11(12,13)8(14)10(4,5)6/h7H2,1-6H3. The third-order valence-corrected chi connectivity index (χ3v) is 1.77. The summed E-state index contributed by atoms with van der Waals surface area (Å²) in [4.78, 5) is 11.4. The molecule has 0 saturated heterocycles. The second-order valence-electron chi connectivity index (χ2n) is 6.02. The van der Waals surface area contributed by atoms with Crippen molar-refractivity contribution in [3.8, 4) is 0 Å². The van der Waals surface area contributed by atoms with E-state index in [0.717, 1.165) is 0 Å². The summed E-state index contributed by atoms with van der Waals surface area (Å²) in [5, 5.41) is 0. The zero-order chi connectivity index (χ0) is 11.8. The van der Waals surface area contributed by atoms with Gasteiger partial charge in [-0.3, -0.25) is 4.79 Å². The van der Waals surface area contributed by atoms with Crippen molar-refractivity contribution in [2.45, 2.75) is 53.9 Å². The molecule has 0 unspecified atom stereocenters. The second kappa shape index (κ2) is 3.59. The highest BCUT2D eigenvalue weighted by molar-refractivity contribution is 5.90. The van der Waals surface area contributed by atoms with Gasteiger partial charge in [-0.1, -0.05) is 41.5 Å². The van der Waals surface area contributed by atoms with Crippen LogP contribution in [0.25, 0.3) is 0 Å². The molecule has 0 aliphatic carbocycles. The van der Waals surface area contributed by atoms with Gasteiger partial charge in [-0.05, 0) is 5.41 Å². The Balaban J connectivity index is 4.72. The fourth-order valence-electron chi connectivity index (χ4n) is 1.29. The van der Waals surface area contributed by atoms with Gasteiger partial charge < -0.3 is 0 Å². The maximum absolute atomic E-state index is 13.5. The molecule has 0 rings (SSSR count). The zero-order valence-corrected chi connectivity index (χ0v) is 9.87. The van der Waals surface area contributed by atoms with Crippen molar-refractivity contribution in [2.75, 3.05) is 0 Å². The van der Waals surface area contributed by atoms with Crippen LogP contribution < -0.4 is 0 Å². The van der Waals surface area contributed by atoms with E-state index >= 15 is 0 Å². The van der Waals surface area contributed by atoms with Crippen LogP contribution in [0, 0.1) is 10.8 Å². The summed E-state index contributed by atoms with van der Waals surface area (Å²) in [6.45, 7) is 9.67. The third-order valence-electron chi connectivity index (χ3n) is 1.77. The maximum Gasteiger partial charge on any atom is 0.306 e. The minimum Gasteiger partial charge on any atom is -0.292 e. The Labute approximate surface area is 84.9 Å². The Morgan fingerprint density at radius 1 is 1.00 bits per heavy atom. The minimum absolute atomic E-state index is 0.393. The Hall–Kier alpha value is -0.470. The molecule has 0 amide bonds. The maximum atomic E-state index is 13.5. The van der Waals surface area contributed by atoms with Crippen molar-refractivity contribution in [3.05, 3.63) is 0 Å². The first kappa shape index (κ1) is 13.5. The molecule has 0 aromatic carbocycles. The van der Waals surface area contributed by atoms with Crippen molar-refractivity contribution in [2.24, 2.45) is 10.8 Å². The van der Waals surface area contributed by atoms with E-state index in [0.29, 0.717) is 0 Å². The lowest BCUT2D eigenvalue weighted by Crippen LogP contribution is -2.40. The predicted octanol–water partition coefficient (Wildman–Crippen LogP) is 3.67. The SMILES string of the molecule is CC(C)(C)CC(F)(F)C(=O)C(C)(C)C. The van der Waals surface area contributed by atoms with Gasteiger partial charge >= 0.3 is 5.92 Å². The van der Waals surface area contributed by atoms with E-state index in [2.05, 4.69) is 0 Å². The van der Waals surface area contributed by atoms with E-state index in [-0.39, 0.29) is 0 Å². The number of hydrogen-bond acceptors (Lipinski definition) is 1. The predicted molar refractivity (Wildman–Crippen MR) is 53.5 cm³/mol. The van der Waals surface area contributed by atoms with Crippen LogP contribution in [0.4, 0.5) is 8.78 Å². The van der Waals surface area contributed by atoms with E-state index in [1.165, 1.54) is 20.8 Å². The quantitative estimate of drug-likeness (QED) is 0.673. The summed E-state index contributed by atoms with van der Waals surface area (Å²) in [5.74, 6) is -4.18. The molecule has 3 heteroatoms. The minimum atomic E-state index is -3.21. The lowest BCUT2D eigenvalue weighted by Gasteiger charge is -2.29. The molecule has 0 heterocycles. The fourth-order valence-corrected chi connectivity index (χ4v) is 1.29. The summed E-state index contributed by atoms with van der Waals surface area (Å²) in [6, 6.07) is 0. The molecule has 84 valence electrons. The van der Waals surface area contributed by atoms with Gasteiger partial charge in [0.05, 0.1) is 0 Å². The largest absolute Gasteiger partial charge is 0.306 e. The lowest BCUT2D eigenvalue weighted by atomic mass is 9.80. The molecule has 0 aromatic rings. The smallest absolute Gasteiger partial charge is 0.292 e. The number of ketones is 1. The molecule has 0 aromatic heterocycles. The van der Waals surface area contributed by atoms with Gasteiger partial charge in [0.2, 0.25) is 5.78 Å². The molecular formula is C11H20F2O. The highest BCUT2D eigenvalue weighted by Crippen LogP contribution is 2.36. The van der Waals surface area contributed by atoms with Gasteiger partial charge in [0.25, 0.3) is 0 Å². The van der Waals surface area contributed by atoms with Gasteiger partial charge in [-0.15, -0.1) is 0 Å². The first-order valence-electron chi connectivity index (χ1n) is 4.79. The van der Waals surface area contributed by atoms with Gasteiger partial charge in [0.15, 0.2) is 0 Å². The van der Waals surface area contributed by atoms with E-state index < -0.39 is 29.0 Å². The van der Waals surface area contributed by atoms with Crippen molar-refractivity contribution < 1.29 is 13.6 Å². The number of rotatable bonds is 2. The van der Waals surface area contributed by atoms with Crippen LogP contribution in [-0.4, -0.2) is 11.7 Å². The number of Topliss-reactive ketones (excluding diaryl/α,β-unsaturated/α-hetero) is 1. The molecule has 0 N–H and O–H groups in total. The van der Waals surface area contributed by atoms with Crippen LogP contribution in [-0.2, 0) is 4.79 Å². The first-order chi connectivity index (χ1) is 5.86. The van der Waals surface area contributed by atoms with E-state index in [1.807, 2.05) is 0 Å².